The zero-order valence-corrected chi connectivity index (χ0v) is 13.5. The van der Waals surface area contributed by atoms with Gasteiger partial charge in [0.1, 0.15) is 5.82 Å². The number of carbonyl (C=O) groups is 2. The molecule has 2 bridgehead atoms. The van der Waals surface area contributed by atoms with Crippen LogP contribution < -0.4 is 0 Å². The molecular weight excluding hydrogens is 321 g/mol. The number of halogens is 1. The Morgan fingerprint density at radius 2 is 2.04 bits per heavy atom. The van der Waals surface area contributed by atoms with Crippen LogP contribution in [0.25, 0.3) is 0 Å². The van der Waals surface area contributed by atoms with Crippen LogP contribution in [0.2, 0.25) is 0 Å². The number of hydrogen-bond donors (Lipinski definition) is 0. The molecule has 0 saturated carbocycles. The Balaban J connectivity index is 1.86. The van der Waals surface area contributed by atoms with E-state index in [-0.39, 0.29) is 17.6 Å². The van der Waals surface area contributed by atoms with Gasteiger partial charge in [-0.15, -0.1) is 0 Å². The van der Waals surface area contributed by atoms with Gasteiger partial charge in [-0.1, -0.05) is 24.3 Å². The van der Waals surface area contributed by atoms with E-state index in [0.717, 1.165) is 16.7 Å². The lowest BCUT2D eigenvalue weighted by Crippen LogP contribution is -2.42. The van der Waals surface area contributed by atoms with Crippen LogP contribution in [0, 0.1) is 5.82 Å². The van der Waals surface area contributed by atoms with Crippen LogP contribution in [0.5, 0.6) is 0 Å². The SMILES string of the molecule is COC(=O)C1=CN2C(=O)c3ccccc3[C@@]23C[C@@H]1c1cc(F)ccc13. The minimum absolute atomic E-state index is 0.146. The van der Waals surface area contributed by atoms with Gasteiger partial charge in [0.2, 0.25) is 0 Å². The summed E-state index contributed by atoms with van der Waals surface area (Å²) >= 11 is 0. The molecule has 0 radical (unpaired) electrons. The standard InChI is InChI=1S/C20H14FNO3/c1-25-19(24)15-10-22-18(23)12-4-2-3-5-16(12)20(22)9-14(15)13-8-11(21)6-7-17(13)20/h2-8,10,14H,9H2,1H3/t14-,20-/m1/s1. The average Bonchev–Trinajstić information content (AvgIpc) is 3.05. The number of ether oxygens (including phenoxy) is 1. The van der Waals surface area contributed by atoms with E-state index in [1.54, 1.807) is 23.2 Å². The molecule has 2 aliphatic heterocycles. The van der Waals surface area contributed by atoms with Gasteiger partial charge in [-0.2, -0.15) is 0 Å². The van der Waals surface area contributed by atoms with Gasteiger partial charge in [0.15, 0.2) is 0 Å². The lowest BCUT2D eigenvalue weighted by Gasteiger charge is -2.38. The van der Waals surface area contributed by atoms with E-state index in [2.05, 4.69) is 0 Å². The van der Waals surface area contributed by atoms with E-state index in [1.165, 1.54) is 19.2 Å². The molecule has 5 heteroatoms. The van der Waals surface area contributed by atoms with Crippen LogP contribution in [0.4, 0.5) is 4.39 Å². The molecule has 1 aliphatic carbocycles. The van der Waals surface area contributed by atoms with Crippen LogP contribution in [0.15, 0.2) is 54.2 Å². The second-order valence-corrected chi connectivity index (χ2v) is 6.65. The van der Waals surface area contributed by atoms with Crippen molar-refractivity contribution in [3.05, 3.63) is 82.3 Å². The number of carbonyl (C=O) groups excluding carboxylic acids is 2. The fourth-order valence-electron chi connectivity index (χ4n) is 4.65. The fraction of sp³-hybridized carbons (Fsp3) is 0.200. The first-order valence-electron chi connectivity index (χ1n) is 8.11. The molecule has 2 aromatic rings. The third-order valence-electron chi connectivity index (χ3n) is 5.63. The number of hydrogen-bond acceptors (Lipinski definition) is 3. The highest BCUT2D eigenvalue weighted by atomic mass is 19.1. The molecule has 4 nitrogen and oxygen atoms in total. The van der Waals surface area contributed by atoms with Gasteiger partial charge in [-0.3, -0.25) is 4.79 Å². The molecule has 0 saturated heterocycles. The normalized spacial score (nSPS) is 25.2. The van der Waals surface area contributed by atoms with E-state index < -0.39 is 11.5 Å². The van der Waals surface area contributed by atoms with Crippen LogP contribution >= 0.6 is 0 Å². The van der Waals surface area contributed by atoms with Crippen molar-refractivity contribution in [1.29, 1.82) is 0 Å². The fourth-order valence-corrected chi connectivity index (χ4v) is 4.65. The van der Waals surface area contributed by atoms with Crippen LogP contribution in [0.1, 0.15) is 39.4 Å². The van der Waals surface area contributed by atoms with Crippen LogP contribution in [0.3, 0.4) is 0 Å². The molecule has 25 heavy (non-hydrogen) atoms. The number of nitrogens with zero attached hydrogens (tertiary/aromatic N) is 1. The summed E-state index contributed by atoms with van der Waals surface area (Å²) in [4.78, 5) is 26.9. The number of methoxy groups -OCH3 is 1. The first kappa shape index (κ1) is 14.4. The molecule has 0 fully saturated rings. The van der Waals surface area contributed by atoms with Gasteiger partial charge in [-0.05, 0) is 41.3 Å². The summed E-state index contributed by atoms with van der Waals surface area (Å²) in [6.07, 6.45) is 2.12. The van der Waals surface area contributed by atoms with Crippen molar-refractivity contribution in [1.82, 2.24) is 4.90 Å². The van der Waals surface area contributed by atoms with Gasteiger partial charge in [0, 0.05) is 17.7 Å². The minimum atomic E-state index is -0.668. The van der Waals surface area contributed by atoms with Gasteiger partial charge in [-0.25, -0.2) is 9.18 Å². The smallest absolute Gasteiger partial charge is 0.335 e. The van der Waals surface area contributed by atoms with Gasteiger partial charge < -0.3 is 9.64 Å². The topological polar surface area (TPSA) is 46.6 Å². The number of benzene rings is 2. The molecule has 124 valence electrons. The lowest BCUT2D eigenvalue weighted by atomic mass is 9.81. The highest BCUT2D eigenvalue weighted by molar-refractivity contribution is 6.04. The summed E-state index contributed by atoms with van der Waals surface area (Å²) in [5, 5.41) is 0. The van der Waals surface area contributed by atoms with Crippen molar-refractivity contribution >= 4 is 11.9 Å². The molecule has 0 unspecified atom stereocenters. The quantitative estimate of drug-likeness (QED) is 0.753. The number of amides is 1. The predicted molar refractivity (Wildman–Crippen MR) is 87.2 cm³/mol. The van der Waals surface area contributed by atoms with Crippen molar-refractivity contribution in [2.75, 3.05) is 7.11 Å². The number of esters is 1. The molecule has 5 rings (SSSR count). The van der Waals surface area contributed by atoms with Gasteiger partial charge in [0.05, 0.1) is 18.2 Å². The average molecular weight is 335 g/mol. The molecule has 2 aromatic carbocycles. The Morgan fingerprint density at radius 1 is 1.24 bits per heavy atom. The Labute approximate surface area is 143 Å². The molecular formula is C20H14FNO3. The highest BCUT2D eigenvalue weighted by Crippen LogP contribution is 2.60. The lowest BCUT2D eigenvalue weighted by molar-refractivity contribution is -0.136. The van der Waals surface area contributed by atoms with Gasteiger partial charge >= 0.3 is 5.97 Å². The van der Waals surface area contributed by atoms with Crippen molar-refractivity contribution in [2.45, 2.75) is 17.9 Å². The molecule has 3 aliphatic rings. The first-order chi connectivity index (χ1) is 12.1. The van der Waals surface area contributed by atoms with Crippen LogP contribution in [-0.2, 0) is 15.1 Å². The van der Waals surface area contributed by atoms with E-state index in [9.17, 15) is 14.0 Å². The molecule has 2 heterocycles. The molecule has 0 aromatic heterocycles. The summed E-state index contributed by atoms with van der Waals surface area (Å²) in [6.45, 7) is 0. The van der Waals surface area contributed by atoms with Gasteiger partial charge in [0.25, 0.3) is 5.91 Å². The van der Waals surface area contributed by atoms with Crippen molar-refractivity contribution < 1.29 is 18.7 Å². The Bertz CT molecular complexity index is 996. The van der Waals surface area contributed by atoms with Crippen molar-refractivity contribution in [3.63, 3.8) is 0 Å². The highest BCUT2D eigenvalue weighted by Gasteiger charge is 2.59. The molecule has 1 spiro atoms. The van der Waals surface area contributed by atoms with Crippen LogP contribution in [-0.4, -0.2) is 23.9 Å². The molecule has 2 atom stereocenters. The Hall–Kier alpha value is -2.95. The first-order valence-corrected chi connectivity index (χ1v) is 8.11. The summed E-state index contributed by atoms with van der Waals surface area (Å²) in [5.41, 5.74) is 2.90. The molecule has 0 N–H and O–H groups in total. The zero-order valence-electron chi connectivity index (χ0n) is 13.5. The third kappa shape index (κ3) is 1.56. The van der Waals surface area contributed by atoms with Crippen molar-refractivity contribution in [3.8, 4) is 0 Å². The summed E-state index contributed by atoms with van der Waals surface area (Å²) < 4.78 is 18.8. The number of rotatable bonds is 1. The minimum Gasteiger partial charge on any atom is -0.466 e. The van der Waals surface area contributed by atoms with Crippen molar-refractivity contribution in [2.24, 2.45) is 0 Å². The van der Waals surface area contributed by atoms with E-state index in [1.807, 2.05) is 18.2 Å². The largest absolute Gasteiger partial charge is 0.466 e. The summed E-state index contributed by atoms with van der Waals surface area (Å²) in [6, 6.07) is 12.1. The monoisotopic (exact) mass is 335 g/mol. The zero-order chi connectivity index (χ0) is 17.3. The number of fused-ring (bicyclic) bond motifs is 4. The summed E-state index contributed by atoms with van der Waals surface area (Å²) in [5.74, 6) is -1.27. The van der Waals surface area contributed by atoms with E-state index in [4.69, 9.17) is 4.74 Å². The second kappa shape index (κ2) is 4.57. The predicted octanol–water partition coefficient (Wildman–Crippen LogP) is 3.08. The maximum absolute atomic E-state index is 13.9. The Kier molecular flexibility index (Phi) is 2.63. The molecule has 1 amide bonds. The van der Waals surface area contributed by atoms with E-state index in [0.29, 0.717) is 17.6 Å². The summed E-state index contributed by atoms with van der Waals surface area (Å²) in [7, 11) is 1.31. The Morgan fingerprint density at radius 3 is 2.84 bits per heavy atom. The van der Waals surface area contributed by atoms with E-state index >= 15 is 0 Å². The maximum atomic E-state index is 13.9. The maximum Gasteiger partial charge on any atom is 0.335 e. The second-order valence-electron chi connectivity index (χ2n) is 6.65. The third-order valence-corrected chi connectivity index (χ3v) is 5.63.